The first-order valence-corrected chi connectivity index (χ1v) is 8.21. The molecule has 0 aromatic heterocycles. The molecule has 108 valence electrons. The first kappa shape index (κ1) is 13.9. The zero-order chi connectivity index (χ0) is 14.8. The molecule has 2 aliphatic heterocycles. The van der Waals surface area contributed by atoms with Crippen LogP contribution in [0.3, 0.4) is 0 Å². The fourth-order valence-electron chi connectivity index (χ4n) is 2.42. The van der Waals surface area contributed by atoms with Gasteiger partial charge >= 0.3 is 7.25 Å². The lowest BCUT2D eigenvalue weighted by atomic mass is 9.90. The quantitative estimate of drug-likeness (QED) is 0.743. The third kappa shape index (κ3) is 1.88. The maximum absolute atomic E-state index is 12.4. The first-order chi connectivity index (χ1) is 9.14. The second-order valence-corrected chi connectivity index (χ2v) is 8.09. The molecule has 0 atom stereocenters. The predicted molar refractivity (Wildman–Crippen MR) is 77.6 cm³/mol. The fraction of sp³-hybridized carbons (Fsp3) is 0.538. The number of rotatable bonds is 1. The van der Waals surface area contributed by atoms with Crippen LogP contribution in [-0.4, -0.2) is 26.9 Å². The maximum Gasteiger partial charge on any atom is 0.608 e. The highest BCUT2D eigenvalue weighted by atomic mass is 32.2. The number of fused-ring (bicyclic) bond motifs is 1. The van der Waals surface area contributed by atoms with Crippen molar-refractivity contribution in [3.05, 3.63) is 29.8 Å². The number of sulfonamides is 1. The standard InChI is InChI=1S/C13H18BNO4S/c1-12(2)13(3,4)19-14(18-12)15-11-8-6-5-7-10(11)9-20(15,16)17/h5-8H,9H2,1-4H3. The van der Waals surface area contributed by atoms with Gasteiger partial charge in [-0.25, -0.2) is 8.42 Å². The molecule has 0 amide bonds. The molecule has 20 heavy (non-hydrogen) atoms. The van der Waals surface area contributed by atoms with Gasteiger partial charge in [-0.1, -0.05) is 18.2 Å². The minimum absolute atomic E-state index is 0.00670. The number of nitrogens with zero attached hydrogens (tertiary/aromatic N) is 1. The highest BCUT2D eigenvalue weighted by Gasteiger charge is 2.58. The molecule has 1 fully saturated rings. The highest BCUT2D eigenvalue weighted by Crippen LogP contribution is 2.42. The normalized spacial score (nSPS) is 25.8. The molecule has 1 aromatic carbocycles. The van der Waals surface area contributed by atoms with Crippen molar-refractivity contribution in [3.8, 4) is 0 Å². The molecule has 5 nitrogen and oxygen atoms in total. The smallest absolute Gasteiger partial charge is 0.383 e. The van der Waals surface area contributed by atoms with Crippen LogP contribution in [0.25, 0.3) is 0 Å². The van der Waals surface area contributed by atoms with Crippen LogP contribution in [-0.2, 0) is 25.1 Å². The molecular weight excluding hydrogens is 277 g/mol. The second kappa shape index (κ2) is 3.99. The van der Waals surface area contributed by atoms with E-state index in [0.717, 1.165) is 5.56 Å². The average Bonchev–Trinajstić information content (AvgIpc) is 2.67. The largest absolute Gasteiger partial charge is 0.608 e. The SMILES string of the molecule is CC1(C)OB(N2c3ccccc3CS2(=O)=O)OC1(C)C. The Bertz CT molecular complexity index is 640. The molecule has 1 aromatic rings. The number of benzene rings is 1. The summed E-state index contributed by atoms with van der Waals surface area (Å²) in [6.45, 7) is 7.62. The summed E-state index contributed by atoms with van der Waals surface area (Å²) >= 11 is 0. The summed E-state index contributed by atoms with van der Waals surface area (Å²) in [4.78, 5) is 0. The minimum atomic E-state index is -3.45. The van der Waals surface area contributed by atoms with E-state index in [1.807, 2.05) is 45.9 Å². The van der Waals surface area contributed by atoms with Crippen LogP contribution in [0.15, 0.2) is 24.3 Å². The predicted octanol–water partition coefficient (Wildman–Crippen LogP) is 1.93. The fourth-order valence-corrected chi connectivity index (χ4v) is 4.02. The molecule has 7 heteroatoms. The third-order valence-corrected chi connectivity index (χ3v) is 5.94. The second-order valence-electron chi connectivity index (χ2n) is 6.24. The van der Waals surface area contributed by atoms with E-state index in [4.69, 9.17) is 9.31 Å². The van der Waals surface area contributed by atoms with E-state index >= 15 is 0 Å². The molecule has 0 bridgehead atoms. The summed E-state index contributed by atoms with van der Waals surface area (Å²) in [5.74, 6) is -0.00670. The summed E-state index contributed by atoms with van der Waals surface area (Å²) in [6, 6.07) is 7.25. The van der Waals surface area contributed by atoms with Gasteiger partial charge in [-0.15, -0.1) is 0 Å². The van der Waals surface area contributed by atoms with Crippen molar-refractivity contribution in [2.45, 2.75) is 44.6 Å². The van der Waals surface area contributed by atoms with Gasteiger partial charge in [0.1, 0.15) is 0 Å². The van der Waals surface area contributed by atoms with Crippen molar-refractivity contribution in [2.75, 3.05) is 4.22 Å². The Kier molecular flexibility index (Phi) is 2.78. The summed E-state index contributed by atoms with van der Waals surface area (Å²) in [7, 11) is -4.36. The van der Waals surface area contributed by atoms with Crippen molar-refractivity contribution >= 4 is 23.0 Å². The molecule has 0 N–H and O–H groups in total. The van der Waals surface area contributed by atoms with Crippen molar-refractivity contribution in [2.24, 2.45) is 0 Å². The third-order valence-electron chi connectivity index (χ3n) is 4.30. The van der Waals surface area contributed by atoms with Crippen molar-refractivity contribution < 1.29 is 17.7 Å². The van der Waals surface area contributed by atoms with E-state index in [0.29, 0.717) is 5.69 Å². The summed E-state index contributed by atoms with van der Waals surface area (Å²) in [5.41, 5.74) is 0.295. The van der Waals surface area contributed by atoms with Gasteiger partial charge in [0, 0.05) is 5.69 Å². The molecule has 0 saturated carbocycles. The van der Waals surface area contributed by atoms with Crippen LogP contribution in [0, 0.1) is 0 Å². The lowest BCUT2D eigenvalue weighted by Crippen LogP contribution is -2.44. The zero-order valence-electron chi connectivity index (χ0n) is 12.1. The van der Waals surface area contributed by atoms with E-state index in [1.165, 1.54) is 4.22 Å². The van der Waals surface area contributed by atoms with Crippen molar-refractivity contribution in [1.29, 1.82) is 0 Å². The van der Waals surface area contributed by atoms with E-state index < -0.39 is 28.5 Å². The highest BCUT2D eigenvalue weighted by molar-refractivity contribution is 7.94. The number of anilines is 1. The Hall–Kier alpha value is -1.05. The average molecular weight is 295 g/mol. The molecule has 2 heterocycles. The van der Waals surface area contributed by atoms with Crippen LogP contribution in [0.2, 0.25) is 0 Å². The number of hydrogen-bond acceptors (Lipinski definition) is 4. The van der Waals surface area contributed by atoms with Crippen LogP contribution < -0.4 is 4.22 Å². The van der Waals surface area contributed by atoms with Crippen LogP contribution in [0.5, 0.6) is 0 Å². The zero-order valence-corrected chi connectivity index (χ0v) is 12.9. The molecule has 0 aliphatic carbocycles. The van der Waals surface area contributed by atoms with Crippen LogP contribution >= 0.6 is 0 Å². The van der Waals surface area contributed by atoms with Gasteiger partial charge in [0.2, 0.25) is 10.0 Å². The summed E-state index contributed by atoms with van der Waals surface area (Å²) in [6.07, 6.45) is 0. The van der Waals surface area contributed by atoms with Gasteiger partial charge in [0.25, 0.3) is 0 Å². The Morgan fingerprint density at radius 1 is 1.10 bits per heavy atom. The summed E-state index contributed by atoms with van der Waals surface area (Å²) in [5, 5.41) is 0. The van der Waals surface area contributed by atoms with Crippen molar-refractivity contribution in [3.63, 3.8) is 0 Å². The van der Waals surface area contributed by atoms with E-state index in [9.17, 15) is 8.42 Å². The maximum atomic E-state index is 12.4. The van der Waals surface area contributed by atoms with Gasteiger partial charge in [-0.05, 0) is 39.3 Å². The Morgan fingerprint density at radius 2 is 1.65 bits per heavy atom. The van der Waals surface area contributed by atoms with Gasteiger partial charge < -0.3 is 9.31 Å². The first-order valence-electron chi connectivity index (χ1n) is 6.60. The van der Waals surface area contributed by atoms with Gasteiger partial charge in [-0.3, -0.25) is 4.22 Å². The molecular formula is C13H18BNO4S. The van der Waals surface area contributed by atoms with Crippen molar-refractivity contribution in [1.82, 2.24) is 0 Å². The Balaban J connectivity index is 2.03. The lowest BCUT2D eigenvalue weighted by Gasteiger charge is -2.32. The lowest BCUT2D eigenvalue weighted by molar-refractivity contribution is 0.00578. The molecule has 2 aliphatic rings. The number of hydrogen-bond donors (Lipinski definition) is 0. The van der Waals surface area contributed by atoms with Crippen LogP contribution in [0.4, 0.5) is 5.69 Å². The van der Waals surface area contributed by atoms with Gasteiger partial charge in [0.15, 0.2) is 0 Å². The van der Waals surface area contributed by atoms with E-state index in [2.05, 4.69) is 0 Å². The van der Waals surface area contributed by atoms with Gasteiger partial charge in [0.05, 0.1) is 17.0 Å². The molecule has 0 unspecified atom stereocenters. The topological polar surface area (TPSA) is 55.8 Å². The molecule has 0 radical (unpaired) electrons. The van der Waals surface area contributed by atoms with Crippen LogP contribution in [0.1, 0.15) is 33.3 Å². The minimum Gasteiger partial charge on any atom is -0.383 e. The van der Waals surface area contributed by atoms with E-state index in [-0.39, 0.29) is 5.75 Å². The monoisotopic (exact) mass is 295 g/mol. The molecule has 1 saturated heterocycles. The van der Waals surface area contributed by atoms with E-state index in [1.54, 1.807) is 6.07 Å². The summed E-state index contributed by atoms with van der Waals surface area (Å²) < 4.78 is 37.8. The Labute approximate surface area is 120 Å². The Morgan fingerprint density at radius 3 is 2.25 bits per heavy atom. The number of para-hydroxylation sites is 1. The van der Waals surface area contributed by atoms with Gasteiger partial charge in [-0.2, -0.15) is 0 Å². The molecule has 3 rings (SSSR count). The molecule has 0 spiro atoms.